The van der Waals surface area contributed by atoms with Crippen molar-refractivity contribution in [3.05, 3.63) is 64.9 Å². The maximum atomic E-state index is 13.5. The van der Waals surface area contributed by atoms with E-state index in [0.717, 1.165) is 22.2 Å². The molecule has 0 N–H and O–H groups in total. The lowest BCUT2D eigenvalue weighted by Crippen LogP contribution is -2.49. The van der Waals surface area contributed by atoms with E-state index < -0.39 is 21.9 Å². The maximum Gasteiger partial charge on any atom is 0.246 e. The summed E-state index contributed by atoms with van der Waals surface area (Å²) in [6, 6.07) is 12.0. The van der Waals surface area contributed by atoms with Gasteiger partial charge in [0.1, 0.15) is 11.9 Å². The van der Waals surface area contributed by atoms with Gasteiger partial charge in [0.2, 0.25) is 15.9 Å². The quantitative estimate of drug-likeness (QED) is 0.697. The van der Waals surface area contributed by atoms with Crippen LogP contribution in [0.4, 0.5) is 10.1 Å². The van der Waals surface area contributed by atoms with Crippen molar-refractivity contribution < 1.29 is 17.6 Å². The van der Waals surface area contributed by atoms with Crippen molar-refractivity contribution >= 4 is 33.2 Å². The highest BCUT2D eigenvalue weighted by atomic mass is 35.5. The van der Waals surface area contributed by atoms with Crippen LogP contribution in [0.2, 0.25) is 5.02 Å². The van der Waals surface area contributed by atoms with E-state index in [2.05, 4.69) is 0 Å². The maximum absolute atomic E-state index is 13.5. The van der Waals surface area contributed by atoms with Crippen LogP contribution in [0.1, 0.15) is 18.9 Å². The predicted molar refractivity (Wildman–Crippen MR) is 106 cm³/mol. The first-order valence-electron chi connectivity index (χ1n) is 8.38. The Labute approximate surface area is 164 Å². The SMILES string of the molecule is CCC(C(=O)N(C)Cc1ccccc1)N(c1ccc(F)c(Cl)c1)S(C)(=O)=O. The van der Waals surface area contributed by atoms with Gasteiger partial charge in [-0.25, -0.2) is 12.8 Å². The van der Waals surface area contributed by atoms with E-state index in [1.54, 1.807) is 14.0 Å². The summed E-state index contributed by atoms with van der Waals surface area (Å²) in [6.07, 6.45) is 1.26. The van der Waals surface area contributed by atoms with Gasteiger partial charge in [-0.1, -0.05) is 48.9 Å². The Balaban J connectivity index is 2.36. The van der Waals surface area contributed by atoms with Crippen molar-refractivity contribution in [1.82, 2.24) is 4.90 Å². The Kier molecular flexibility index (Phi) is 6.84. The van der Waals surface area contributed by atoms with E-state index in [-0.39, 0.29) is 23.0 Å². The Morgan fingerprint density at radius 2 is 1.81 bits per heavy atom. The number of sulfonamides is 1. The van der Waals surface area contributed by atoms with Gasteiger partial charge in [0.25, 0.3) is 0 Å². The van der Waals surface area contributed by atoms with E-state index in [1.807, 2.05) is 30.3 Å². The first kappa shape index (κ1) is 21.2. The molecular weight excluding hydrogens is 391 g/mol. The molecule has 0 aromatic heterocycles. The molecule has 0 aliphatic rings. The van der Waals surface area contributed by atoms with Gasteiger partial charge >= 0.3 is 0 Å². The van der Waals surface area contributed by atoms with E-state index in [1.165, 1.54) is 17.0 Å². The van der Waals surface area contributed by atoms with Crippen molar-refractivity contribution in [3.63, 3.8) is 0 Å². The third kappa shape index (κ3) is 5.20. The van der Waals surface area contributed by atoms with Gasteiger partial charge in [-0.15, -0.1) is 0 Å². The summed E-state index contributed by atoms with van der Waals surface area (Å²) in [5, 5.41) is -0.207. The molecule has 1 amide bonds. The molecule has 1 atom stereocenters. The molecule has 0 spiro atoms. The fourth-order valence-electron chi connectivity index (χ4n) is 2.86. The molecule has 27 heavy (non-hydrogen) atoms. The number of hydrogen-bond donors (Lipinski definition) is 0. The molecule has 146 valence electrons. The van der Waals surface area contributed by atoms with Crippen LogP contribution in [0.3, 0.4) is 0 Å². The Morgan fingerprint density at radius 3 is 2.33 bits per heavy atom. The third-order valence-corrected chi connectivity index (χ3v) is 5.58. The van der Waals surface area contributed by atoms with Crippen molar-refractivity contribution in [2.24, 2.45) is 0 Å². The molecule has 2 aromatic rings. The molecule has 8 heteroatoms. The number of carbonyl (C=O) groups excluding carboxylic acids is 1. The van der Waals surface area contributed by atoms with E-state index in [4.69, 9.17) is 11.6 Å². The number of amides is 1. The highest BCUT2D eigenvalue weighted by Crippen LogP contribution is 2.28. The number of benzene rings is 2. The zero-order chi connectivity index (χ0) is 20.2. The van der Waals surface area contributed by atoms with Gasteiger partial charge in [0.05, 0.1) is 17.0 Å². The molecule has 2 rings (SSSR count). The monoisotopic (exact) mass is 412 g/mol. The van der Waals surface area contributed by atoms with Gasteiger partial charge < -0.3 is 4.90 Å². The number of halogens is 2. The second kappa shape index (κ2) is 8.71. The van der Waals surface area contributed by atoms with Crippen LogP contribution in [-0.2, 0) is 21.4 Å². The summed E-state index contributed by atoms with van der Waals surface area (Å²) in [5.41, 5.74) is 1.08. The molecule has 0 radical (unpaired) electrons. The van der Waals surface area contributed by atoms with Crippen molar-refractivity contribution in [2.75, 3.05) is 17.6 Å². The van der Waals surface area contributed by atoms with Crippen LogP contribution in [0.5, 0.6) is 0 Å². The average Bonchev–Trinajstić information content (AvgIpc) is 2.61. The highest BCUT2D eigenvalue weighted by Gasteiger charge is 2.33. The molecule has 0 fully saturated rings. The molecule has 0 aliphatic heterocycles. The molecule has 5 nitrogen and oxygen atoms in total. The third-order valence-electron chi connectivity index (χ3n) is 4.11. The fraction of sp³-hybridized carbons (Fsp3) is 0.316. The molecule has 2 aromatic carbocycles. The number of nitrogens with zero attached hydrogens (tertiary/aromatic N) is 2. The number of anilines is 1. The summed E-state index contributed by atoms with van der Waals surface area (Å²) in [6.45, 7) is 2.07. The van der Waals surface area contributed by atoms with Crippen LogP contribution >= 0.6 is 11.6 Å². The summed E-state index contributed by atoms with van der Waals surface area (Å²) >= 11 is 5.81. The largest absolute Gasteiger partial charge is 0.340 e. The van der Waals surface area contributed by atoms with Gasteiger partial charge in [0, 0.05) is 13.6 Å². The Morgan fingerprint density at radius 1 is 1.19 bits per heavy atom. The molecule has 1 unspecified atom stereocenters. The van der Waals surface area contributed by atoms with Gasteiger partial charge in [-0.3, -0.25) is 9.10 Å². The molecule has 0 heterocycles. The van der Waals surface area contributed by atoms with E-state index >= 15 is 0 Å². The van der Waals surface area contributed by atoms with Crippen molar-refractivity contribution in [1.29, 1.82) is 0 Å². The molecule has 0 saturated carbocycles. The smallest absolute Gasteiger partial charge is 0.246 e. The summed E-state index contributed by atoms with van der Waals surface area (Å²) in [5.74, 6) is -1.01. The highest BCUT2D eigenvalue weighted by molar-refractivity contribution is 7.92. The topological polar surface area (TPSA) is 57.7 Å². The Hall–Kier alpha value is -2.12. The van der Waals surface area contributed by atoms with Gasteiger partial charge in [-0.05, 0) is 30.2 Å². The van der Waals surface area contributed by atoms with Gasteiger partial charge in [-0.2, -0.15) is 0 Å². The molecule has 0 saturated heterocycles. The minimum atomic E-state index is -3.81. The number of hydrogen-bond acceptors (Lipinski definition) is 3. The second-order valence-corrected chi connectivity index (χ2v) is 8.53. The first-order chi connectivity index (χ1) is 12.6. The first-order valence-corrected chi connectivity index (χ1v) is 10.6. The van der Waals surface area contributed by atoms with E-state index in [9.17, 15) is 17.6 Å². The zero-order valence-corrected chi connectivity index (χ0v) is 17.0. The molecule has 0 aliphatic carbocycles. The van der Waals surface area contributed by atoms with Crippen LogP contribution in [0, 0.1) is 5.82 Å². The van der Waals surface area contributed by atoms with Crippen LogP contribution in [0.25, 0.3) is 0 Å². The standard InChI is InChI=1S/C19H22ClFN2O3S/c1-4-18(19(24)22(2)13-14-8-6-5-7-9-14)23(27(3,25)26)15-10-11-17(21)16(20)12-15/h5-12,18H,4,13H2,1-3H3. The summed E-state index contributed by atoms with van der Waals surface area (Å²) < 4.78 is 39.4. The minimum absolute atomic E-state index is 0.150. The molecule has 0 bridgehead atoms. The normalized spacial score (nSPS) is 12.5. The predicted octanol–water partition coefficient (Wildman–Crippen LogP) is 3.68. The zero-order valence-electron chi connectivity index (χ0n) is 15.4. The average molecular weight is 413 g/mol. The molecular formula is C19H22ClFN2O3S. The Bertz CT molecular complexity index is 906. The summed E-state index contributed by atoms with van der Waals surface area (Å²) in [7, 11) is -2.18. The van der Waals surface area contributed by atoms with Crippen molar-refractivity contribution in [2.45, 2.75) is 25.9 Å². The lowest BCUT2D eigenvalue weighted by molar-refractivity contribution is -0.131. The van der Waals surface area contributed by atoms with Gasteiger partial charge in [0.15, 0.2) is 0 Å². The van der Waals surface area contributed by atoms with Crippen LogP contribution in [-0.4, -0.2) is 38.6 Å². The number of carbonyl (C=O) groups is 1. The van der Waals surface area contributed by atoms with E-state index in [0.29, 0.717) is 6.54 Å². The number of likely N-dealkylation sites (N-methyl/N-ethyl adjacent to an activating group) is 1. The lowest BCUT2D eigenvalue weighted by atomic mass is 10.1. The second-order valence-electron chi connectivity index (χ2n) is 6.26. The number of rotatable bonds is 7. The fourth-order valence-corrected chi connectivity index (χ4v) is 4.23. The minimum Gasteiger partial charge on any atom is -0.340 e. The van der Waals surface area contributed by atoms with Crippen molar-refractivity contribution in [3.8, 4) is 0 Å². The summed E-state index contributed by atoms with van der Waals surface area (Å²) in [4.78, 5) is 14.5. The lowest BCUT2D eigenvalue weighted by Gasteiger charge is -2.33. The van der Waals surface area contributed by atoms with Crippen LogP contribution < -0.4 is 4.31 Å². The van der Waals surface area contributed by atoms with Crippen LogP contribution in [0.15, 0.2) is 48.5 Å².